The highest BCUT2D eigenvalue weighted by atomic mass is 16.4. The minimum atomic E-state index is -1.04. The van der Waals surface area contributed by atoms with E-state index in [2.05, 4.69) is 12.1 Å². The van der Waals surface area contributed by atoms with E-state index < -0.39 is 11.9 Å². The van der Waals surface area contributed by atoms with E-state index in [1.165, 1.54) is 44.6 Å². The predicted octanol–water partition coefficient (Wildman–Crippen LogP) is 6.61. The summed E-state index contributed by atoms with van der Waals surface area (Å²) >= 11 is 0. The lowest BCUT2D eigenvalue weighted by molar-refractivity contribution is -0.131. The molecule has 0 aromatic heterocycles. The van der Waals surface area contributed by atoms with Crippen molar-refractivity contribution in [3.63, 3.8) is 0 Å². The standard InChI is InChI=1S/C31H34O5/c1-19(10-29(33)34)26(24-5-3-6-25(15-24)30(35)36)7-2-4-20-8-9-27(28(32)14-20)31-16-21-11-22(17-31)13-23(12-21)18-31/h3,5-10,14-15,21-23,32H,2,4,11-13,16-18H2,1H3,(H,33,34)(H,35,36)/b19-10-,26-7-. The summed E-state index contributed by atoms with van der Waals surface area (Å²) in [5, 5.41) is 29.7. The van der Waals surface area contributed by atoms with Crippen molar-refractivity contribution in [2.45, 2.75) is 63.7 Å². The van der Waals surface area contributed by atoms with E-state index in [0.717, 1.165) is 35.0 Å². The minimum absolute atomic E-state index is 0.151. The summed E-state index contributed by atoms with van der Waals surface area (Å²) < 4.78 is 0. The number of aryl methyl sites for hydroxylation is 1. The first-order valence-electron chi connectivity index (χ1n) is 13.0. The molecule has 4 saturated carbocycles. The van der Waals surface area contributed by atoms with Crippen molar-refractivity contribution in [2.24, 2.45) is 17.8 Å². The summed E-state index contributed by atoms with van der Waals surface area (Å²) in [6.07, 6.45) is 12.2. The van der Waals surface area contributed by atoms with Crippen LogP contribution in [0.25, 0.3) is 5.57 Å². The van der Waals surface area contributed by atoms with Crippen LogP contribution < -0.4 is 0 Å². The summed E-state index contributed by atoms with van der Waals surface area (Å²) in [5.41, 5.74) is 4.41. The van der Waals surface area contributed by atoms with E-state index in [-0.39, 0.29) is 11.0 Å². The molecule has 0 atom stereocenters. The molecule has 5 nitrogen and oxygen atoms in total. The number of aromatic hydroxyl groups is 1. The van der Waals surface area contributed by atoms with E-state index >= 15 is 0 Å². The van der Waals surface area contributed by atoms with E-state index in [1.54, 1.807) is 25.1 Å². The minimum Gasteiger partial charge on any atom is -0.508 e. The SMILES string of the molecule is CC(=C/C(=O)O)/C(=C/CCc1ccc(C23CC4CC(CC(C4)C2)C3)c(O)c1)c1cccc(C(=O)O)c1. The lowest BCUT2D eigenvalue weighted by atomic mass is 9.48. The quantitative estimate of drug-likeness (QED) is 0.288. The Morgan fingerprint density at radius 2 is 1.58 bits per heavy atom. The number of phenolic OH excluding ortho intramolecular Hbond substituents is 1. The van der Waals surface area contributed by atoms with Crippen molar-refractivity contribution in [3.05, 3.63) is 82.4 Å². The van der Waals surface area contributed by atoms with E-state index in [9.17, 15) is 24.9 Å². The predicted molar refractivity (Wildman–Crippen MR) is 139 cm³/mol. The topological polar surface area (TPSA) is 94.8 Å². The van der Waals surface area contributed by atoms with Crippen LogP contribution >= 0.6 is 0 Å². The molecular weight excluding hydrogens is 452 g/mol. The number of hydrogen-bond donors (Lipinski definition) is 3. The number of carboxylic acid groups (broad SMARTS) is 2. The van der Waals surface area contributed by atoms with Gasteiger partial charge in [0.05, 0.1) is 5.56 Å². The maximum Gasteiger partial charge on any atom is 0.335 e. The third-order valence-electron chi connectivity index (χ3n) is 8.64. The third kappa shape index (κ3) is 4.84. The fraction of sp³-hybridized carbons (Fsp3) is 0.419. The number of aliphatic carboxylic acids is 1. The maximum atomic E-state index is 11.4. The molecule has 6 rings (SSSR count). The molecule has 0 spiro atoms. The molecule has 2 aromatic rings. The molecule has 188 valence electrons. The number of phenols is 1. The molecule has 2 aromatic carbocycles. The summed E-state index contributed by atoms with van der Waals surface area (Å²) in [7, 11) is 0. The molecule has 5 heteroatoms. The normalized spacial score (nSPS) is 27.3. The van der Waals surface area contributed by atoms with Gasteiger partial charge in [-0.25, -0.2) is 9.59 Å². The van der Waals surface area contributed by atoms with Gasteiger partial charge in [-0.1, -0.05) is 30.3 Å². The number of allylic oxidation sites excluding steroid dienone is 3. The van der Waals surface area contributed by atoms with Crippen molar-refractivity contribution in [1.82, 2.24) is 0 Å². The largest absolute Gasteiger partial charge is 0.508 e. The molecule has 4 aliphatic carbocycles. The van der Waals surface area contributed by atoms with E-state index in [0.29, 0.717) is 35.3 Å². The van der Waals surface area contributed by atoms with Crippen LogP contribution in [0.3, 0.4) is 0 Å². The van der Waals surface area contributed by atoms with Gasteiger partial charge in [-0.05, 0) is 122 Å². The summed E-state index contributed by atoms with van der Waals surface area (Å²) in [6, 6.07) is 12.7. The van der Waals surface area contributed by atoms with Gasteiger partial charge in [0.15, 0.2) is 0 Å². The molecule has 36 heavy (non-hydrogen) atoms. The lowest BCUT2D eigenvalue weighted by Gasteiger charge is -2.57. The zero-order chi connectivity index (χ0) is 25.4. The number of hydrogen-bond acceptors (Lipinski definition) is 3. The van der Waals surface area contributed by atoms with Crippen LogP contribution in [-0.4, -0.2) is 27.3 Å². The van der Waals surface area contributed by atoms with Crippen molar-refractivity contribution in [1.29, 1.82) is 0 Å². The molecule has 0 radical (unpaired) electrons. The third-order valence-corrected chi connectivity index (χ3v) is 8.64. The van der Waals surface area contributed by atoms with Crippen LogP contribution in [0.2, 0.25) is 0 Å². The second-order valence-corrected chi connectivity index (χ2v) is 11.3. The number of carbonyl (C=O) groups is 2. The molecule has 0 aliphatic heterocycles. The highest BCUT2D eigenvalue weighted by molar-refractivity contribution is 5.92. The van der Waals surface area contributed by atoms with Gasteiger partial charge < -0.3 is 15.3 Å². The first-order valence-corrected chi connectivity index (χ1v) is 13.0. The number of carboxylic acids is 2. The smallest absolute Gasteiger partial charge is 0.335 e. The molecule has 4 bridgehead atoms. The Balaban J connectivity index is 1.35. The first-order chi connectivity index (χ1) is 17.2. The Labute approximate surface area is 212 Å². The van der Waals surface area contributed by atoms with Crippen LogP contribution in [0.1, 0.15) is 78.9 Å². The van der Waals surface area contributed by atoms with Crippen molar-refractivity contribution < 1.29 is 24.9 Å². The molecular formula is C31H34O5. The van der Waals surface area contributed by atoms with Crippen LogP contribution in [0, 0.1) is 17.8 Å². The zero-order valence-electron chi connectivity index (χ0n) is 20.7. The Morgan fingerprint density at radius 3 is 2.17 bits per heavy atom. The van der Waals surface area contributed by atoms with Gasteiger partial charge in [-0.15, -0.1) is 0 Å². The molecule has 4 aliphatic rings. The molecule has 0 amide bonds. The molecule has 3 N–H and O–H groups in total. The Bertz CT molecular complexity index is 1220. The van der Waals surface area contributed by atoms with E-state index in [1.807, 2.05) is 12.1 Å². The second-order valence-electron chi connectivity index (χ2n) is 11.3. The van der Waals surface area contributed by atoms with Crippen LogP contribution in [0.5, 0.6) is 5.75 Å². The van der Waals surface area contributed by atoms with Crippen molar-refractivity contribution in [3.8, 4) is 5.75 Å². The van der Waals surface area contributed by atoms with Crippen LogP contribution in [0.15, 0.2) is 60.2 Å². The fourth-order valence-corrected chi connectivity index (χ4v) is 7.59. The van der Waals surface area contributed by atoms with Gasteiger partial charge >= 0.3 is 11.9 Å². The molecule has 4 fully saturated rings. The number of aromatic carboxylic acids is 1. The van der Waals surface area contributed by atoms with Gasteiger partial charge in [0.25, 0.3) is 0 Å². The summed E-state index contributed by atoms with van der Waals surface area (Å²) in [5.74, 6) is 0.806. The van der Waals surface area contributed by atoms with Crippen molar-refractivity contribution >= 4 is 17.5 Å². The second kappa shape index (κ2) is 9.61. The molecule has 0 heterocycles. The Morgan fingerprint density at radius 1 is 0.944 bits per heavy atom. The van der Waals surface area contributed by atoms with Crippen LogP contribution in [0.4, 0.5) is 0 Å². The van der Waals surface area contributed by atoms with Gasteiger partial charge in [0, 0.05) is 11.6 Å². The fourth-order valence-electron chi connectivity index (χ4n) is 7.59. The molecule has 0 unspecified atom stereocenters. The monoisotopic (exact) mass is 486 g/mol. The average molecular weight is 487 g/mol. The number of benzene rings is 2. The van der Waals surface area contributed by atoms with Gasteiger partial charge in [-0.3, -0.25) is 0 Å². The first kappa shape index (κ1) is 24.4. The highest BCUT2D eigenvalue weighted by Crippen LogP contribution is 2.61. The Hall–Kier alpha value is -3.34. The summed E-state index contributed by atoms with van der Waals surface area (Å²) in [4.78, 5) is 22.7. The maximum absolute atomic E-state index is 11.4. The number of rotatable bonds is 8. The van der Waals surface area contributed by atoms with Gasteiger partial charge in [0.2, 0.25) is 0 Å². The lowest BCUT2D eigenvalue weighted by Crippen LogP contribution is -2.48. The summed E-state index contributed by atoms with van der Waals surface area (Å²) in [6.45, 7) is 1.72. The van der Waals surface area contributed by atoms with E-state index in [4.69, 9.17) is 0 Å². The zero-order valence-corrected chi connectivity index (χ0v) is 20.7. The van der Waals surface area contributed by atoms with Crippen LogP contribution in [-0.2, 0) is 16.6 Å². The van der Waals surface area contributed by atoms with Gasteiger partial charge in [-0.2, -0.15) is 0 Å². The molecule has 0 saturated heterocycles. The Kier molecular flexibility index (Phi) is 6.50. The highest BCUT2D eigenvalue weighted by Gasteiger charge is 2.52. The average Bonchev–Trinajstić information content (AvgIpc) is 2.80. The van der Waals surface area contributed by atoms with Crippen molar-refractivity contribution in [2.75, 3.05) is 0 Å². The van der Waals surface area contributed by atoms with Gasteiger partial charge in [0.1, 0.15) is 5.75 Å².